The Hall–Kier alpha value is -1.42. The zero-order chi connectivity index (χ0) is 11.9. The zero-order valence-corrected chi connectivity index (χ0v) is 11.0. The van der Waals surface area contributed by atoms with Crippen molar-refractivity contribution in [3.8, 4) is 0 Å². The number of anilines is 1. The molecule has 2 aromatic rings. The molecule has 1 aliphatic heterocycles. The Morgan fingerprint density at radius 1 is 1.17 bits per heavy atom. The van der Waals surface area contributed by atoms with E-state index in [2.05, 4.69) is 26.3 Å². The van der Waals surface area contributed by atoms with Gasteiger partial charge in [0.15, 0.2) is 0 Å². The maximum absolute atomic E-state index is 4.55. The van der Waals surface area contributed by atoms with Crippen molar-refractivity contribution >= 4 is 17.2 Å². The molecule has 0 atom stereocenters. The summed E-state index contributed by atoms with van der Waals surface area (Å²) < 4.78 is 0. The molecule has 0 spiro atoms. The van der Waals surface area contributed by atoms with E-state index in [1.54, 1.807) is 11.2 Å². The lowest BCUT2D eigenvalue weighted by molar-refractivity contribution is 0.724. The van der Waals surface area contributed by atoms with Gasteiger partial charge in [0.2, 0.25) is 0 Å². The monoisotopic (exact) mass is 257 g/mol. The number of rotatable bonds is 1. The van der Waals surface area contributed by atoms with Crippen molar-refractivity contribution in [3.05, 3.63) is 39.5 Å². The normalized spacial score (nSPS) is 17.7. The summed E-state index contributed by atoms with van der Waals surface area (Å²) in [7, 11) is 0. The van der Waals surface area contributed by atoms with Crippen LogP contribution in [0.3, 0.4) is 0 Å². The first-order chi connectivity index (χ1) is 8.92. The van der Waals surface area contributed by atoms with E-state index < -0.39 is 0 Å². The number of nitrogens with zero attached hydrogens (tertiary/aromatic N) is 3. The van der Waals surface area contributed by atoms with Gasteiger partial charge in [-0.2, -0.15) is 0 Å². The second-order valence-corrected chi connectivity index (χ2v) is 6.02. The summed E-state index contributed by atoms with van der Waals surface area (Å²) in [5.74, 6) is 1.19. The van der Waals surface area contributed by atoms with Gasteiger partial charge in [0.05, 0.1) is 0 Å². The van der Waals surface area contributed by atoms with Gasteiger partial charge in [0.25, 0.3) is 0 Å². The second-order valence-electron chi connectivity index (χ2n) is 5.02. The fourth-order valence-corrected chi connectivity index (χ4v) is 3.93. The average molecular weight is 257 g/mol. The lowest BCUT2D eigenvalue weighted by Gasteiger charge is -2.29. The standard InChI is InChI=1S/C14H15N3S/c1-2-11-12(3-1)15-9-16-14(11)17-6-4-13-10(8-17)5-7-18-13/h5,7,9H,1-4,6,8H2. The van der Waals surface area contributed by atoms with Crippen LogP contribution in [0.2, 0.25) is 0 Å². The third kappa shape index (κ3) is 1.56. The first-order valence-corrected chi connectivity index (χ1v) is 7.43. The molecule has 18 heavy (non-hydrogen) atoms. The summed E-state index contributed by atoms with van der Waals surface area (Å²) in [4.78, 5) is 12.9. The molecule has 3 nitrogen and oxygen atoms in total. The van der Waals surface area contributed by atoms with Crippen molar-refractivity contribution in [2.45, 2.75) is 32.2 Å². The van der Waals surface area contributed by atoms with E-state index in [0.717, 1.165) is 32.4 Å². The summed E-state index contributed by atoms with van der Waals surface area (Å²) in [5.41, 5.74) is 4.16. The van der Waals surface area contributed by atoms with E-state index in [1.807, 2.05) is 11.3 Å². The molecule has 0 N–H and O–H groups in total. The number of hydrogen-bond acceptors (Lipinski definition) is 4. The molecule has 3 heterocycles. The predicted octanol–water partition coefficient (Wildman–Crippen LogP) is 2.59. The van der Waals surface area contributed by atoms with E-state index >= 15 is 0 Å². The van der Waals surface area contributed by atoms with Crippen LogP contribution in [0.1, 0.15) is 28.1 Å². The molecule has 0 saturated heterocycles. The van der Waals surface area contributed by atoms with Crippen LogP contribution in [-0.2, 0) is 25.8 Å². The summed E-state index contributed by atoms with van der Waals surface area (Å²) in [6.45, 7) is 2.11. The van der Waals surface area contributed by atoms with Crippen LogP contribution in [0.5, 0.6) is 0 Å². The summed E-state index contributed by atoms with van der Waals surface area (Å²) in [6, 6.07) is 2.26. The van der Waals surface area contributed by atoms with Gasteiger partial charge in [-0.3, -0.25) is 0 Å². The molecule has 0 bridgehead atoms. The van der Waals surface area contributed by atoms with Crippen molar-refractivity contribution in [1.29, 1.82) is 0 Å². The SMILES string of the molecule is c1nc2c(c(N3CCc4sccc4C3)n1)CCC2. The molecule has 1 aliphatic carbocycles. The van der Waals surface area contributed by atoms with E-state index in [9.17, 15) is 0 Å². The summed E-state index contributed by atoms with van der Waals surface area (Å²) in [6.07, 6.45) is 6.41. The third-order valence-corrected chi connectivity index (χ3v) is 4.98. The van der Waals surface area contributed by atoms with Gasteiger partial charge < -0.3 is 4.90 Å². The van der Waals surface area contributed by atoms with Gasteiger partial charge in [-0.1, -0.05) is 0 Å². The van der Waals surface area contributed by atoms with E-state index in [4.69, 9.17) is 0 Å². The molecule has 0 amide bonds. The molecule has 2 aliphatic rings. The Balaban J connectivity index is 1.71. The highest BCUT2D eigenvalue weighted by Crippen LogP contribution is 2.32. The van der Waals surface area contributed by atoms with Crippen molar-refractivity contribution in [2.75, 3.05) is 11.4 Å². The van der Waals surface area contributed by atoms with Crippen LogP contribution >= 0.6 is 11.3 Å². The maximum Gasteiger partial charge on any atom is 0.135 e. The minimum atomic E-state index is 1.02. The lowest BCUT2D eigenvalue weighted by Crippen LogP contribution is -2.31. The zero-order valence-electron chi connectivity index (χ0n) is 10.2. The van der Waals surface area contributed by atoms with E-state index in [-0.39, 0.29) is 0 Å². The highest BCUT2D eigenvalue weighted by atomic mass is 32.1. The molecular weight excluding hydrogens is 242 g/mol. The van der Waals surface area contributed by atoms with Crippen LogP contribution in [-0.4, -0.2) is 16.5 Å². The van der Waals surface area contributed by atoms with Crippen molar-refractivity contribution < 1.29 is 0 Å². The van der Waals surface area contributed by atoms with Crippen LogP contribution in [0.25, 0.3) is 0 Å². The Labute approximate surface area is 111 Å². The molecule has 4 rings (SSSR count). The van der Waals surface area contributed by atoms with Crippen LogP contribution in [0.15, 0.2) is 17.8 Å². The molecule has 0 saturated carbocycles. The molecular formula is C14H15N3S. The van der Waals surface area contributed by atoms with Gasteiger partial charge in [0.1, 0.15) is 12.1 Å². The van der Waals surface area contributed by atoms with Crippen molar-refractivity contribution in [3.63, 3.8) is 0 Å². The minimum absolute atomic E-state index is 1.02. The Morgan fingerprint density at radius 3 is 3.17 bits per heavy atom. The van der Waals surface area contributed by atoms with Crippen LogP contribution < -0.4 is 4.90 Å². The number of thiophene rings is 1. The van der Waals surface area contributed by atoms with E-state index in [0.29, 0.717) is 0 Å². The Morgan fingerprint density at radius 2 is 2.17 bits per heavy atom. The quantitative estimate of drug-likeness (QED) is 0.786. The van der Waals surface area contributed by atoms with Gasteiger partial charge in [0, 0.05) is 29.2 Å². The molecule has 0 aromatic carbocycles. The molecule has 0 radical (unpaired) electrons. The van der Waals surface area contributed by atoms with Crippen LogP contribution in [0.4, 0.5) is 5.82 Å². The summed E-state index contributed by atoms with van der Waals surface area (Å²) in [5, 5.41) is 2.21. The predicted molar refractivity (Wildman–Crippen MR) is 73.1 cm³/mol. The van der Waals surface area contributed by atoms with Gasteiger partial charge in [-0.05, 0) is 42.7 Å². The summed E-state index contributed by atoms with van der Waals surface area (Å²) >= 11 is 1.89. The van der Waals surface area contributed by atoms with E-state index in [1.165, 1.54) is 29.1 Å². The molecule has 2 aromatic heterocycles. The average Bonchev–Trinajstić information content (AvgIpc) is 3.05. The van der Waals surface area contributed by atoms with Crippen molar-refractivity contribution in [2.24, 2.45) is 0 Å². The maximum atomic E-state index is 4.55. The topological polar surface area (TPSA) is 29.0 Å². The largest absolute Gasteiger partial charge is 0.352 e. The number of hydrogen-bond donors (Lipinski definition) is 0. The highest BCUT2D eigenvalue weighted by Gasteiger charge is 2.24. The van der Waals surface area contributed by atoms with Crippen molar-refractivity contribution in [1.82, 2.24) is 9.97 Å². The van der Waals surface area contributed by atoms with Crippen LogP contribution in [0, 0.1) is 0 Å². The second kappa shape index (κ2) is 4.05. The smallest absolute Gasteiger partial charge is 0.135 e. The first-order valence-electron chi connectivity index (χ1n) is 6.55. The number of aryl methyl sites for hydroxylation is 1. The molecule has 0 fully saturated rings. The highest BCUT2D eigenvalue weighted by molar-refractivity contribution is 7.10. The fourth-order valence-electron chi connectivity index (χ4n) is 3.04. The third-order valence-electron chi connectivity index (χ3n) is 3.96. The van der Waals surface area contributed by atoms with Gasteiger partial charge in [-0.25, -0.2) is 9.97 Å². The molecule has 92 valence electrons. The Kier molecular flexibility index (Phi) is 2.36. The lowest BCUT2D eigenvalue weighted by atomic mass is 10.1. The first kappa shape index (κ1) is 10.5. The number of fused-ring (bicyclic) bond motifs is 2. The molecule has 0 unspecified atom stereocenters. The fraction of sp³-hybridized carbons (Fsp3) is 0.429. The van der Waals surface area contributed by atoms with Gasteiger partial charge >= 0.3 is 0 Å². The van der Waals surface area contributed by atoms with Gasteiger partial charge in [-0.15, -0.1) is 11.3 Å². The number of aromatic nitrogens is 2. The Bertz CT molecular complexity index is 590. The molecule has 4 heteroatoms. The minimum Gasteiger partial charge on any atom is -0.352 e.